The summed E-state index contributed by atoms with van der Waals surface area (Å²) in [5.74, 6) is 0.476. The van der Waals surface area contributed by atoms with Gasteiger partial charge in [-0.05, 0) is 24.8 Å². The Morgan fingerprint density at radius 2 is 1.96 bits per heavy atom. The van der Waals surface area contributed by atoms with E-state index in [1.165, 1.54) is 0 Å². The van der Waals surface area contributed by atoms with Crippen LogP contribution in [0.2, 0.25) is 0 Å². The third-order valence-electron chi connectivity index (χ3n) is 5.45. The molecule has 1 aromatic heterocycles. The minimum absolute atomic E-state index is 0.190. The van der Waals surface area contributed by atoms with Crippen molar-refractivity contribution in [3.8, 4) is 0 Å². The van der Waals surface area contributed by atoms with E-state index < -0.39 is 5.60 Å². The second-order valence-corrected chi connectivity index (χ2v) is 6.96. The van der Waals surface area contributed by atoms with Gasteiger partial charge >= 0.3 is 0 Å². The molecule has 4 heterocycles. The summed E-state index contributed by atoms with van der Waals surface area (Å²) in [6.07, 6.45) is 4.14. The van der Waals surface area contributed by atoms with E-state index in [1.807, 2.05) is 11.1 Å². The molecule has 0 aliphatic carbocycles. The van der Waals surface area contributed by atoms with E-state index >= 15 is 0 Å². The first kappa shape index (κ1) is 16.7. The summed E-state index contributed by atoms with van der Waals surface area (Å²) >= 11 is 0. The molecule has 2 saturated heterocycles. The van der Waals surface area contributed by atoms with E-state index in [0.29, 0.717) is 39.5 Å². The Balaban J connectivity index is 1.41. The molecule has 0 saturated carbocycles. The summed E-state index contributed by atoms with van der Waals surface area (Å²) in [6, 6.07) is 0. The predicted molar refractivity (Wildman–Crippen MR) is 90.9 cm³/mol. The quantitative estimate of drug-likeness (QED) is 0.790. The van der Waals surface area contributed by atoms with Gasteiger partial charge in [0, 0.05) is 32.4 Å². The first-order chi connectivity index (χ1) is 12.2. The van der Waals surface area contributed by atoms with Crippen molar-refractivity contribution < 1.29 is 14.3 Å². The maximum atomic E-state index is 12.6. The molecule has 4 rings (SSSR count). The fraction of sp³-hybridized carbons (Fsp3) is 0.706. The lowest BCUT2D eigenvalue weighted by Crippen LogP contribution is -2.51. The molecule has 3 aliphatic rings. The Bertz CT molecular complexity index is 639. The summed E-state index contributed by atoms with van der Waals surface area (Å²) in [6.45, 7) is 5.60. The van der Waals surface area contributed by atoms with Crippen molar-refractivity contribution in [3.63, 3.8) is 0 Å². The van der Waals surface area contributed by atoms with Gasteiger partial charge in [-0.3, -0.25) is 9.69 Å². The van der Waals surface area contributed by atoms with Crippen molar-refractivity contribution in [2.75, 3.05) is 58.3 Å². The van der Waals surface area contributed by atoms with E-state index in [2.05, 4.69) is 14.9 Å². The minimum Gasteiger partial charge on any atom is -0.379 e. The van der Waals surface area contributed by atoms with Crippen LogP contribution in [0, 0.1) is 0 Å². The van der Waals surface area contributed by atoms with Crippen molar-refractivity contribution in [2.24, 2.45) is 0 Å². The number of carbonyl (C=O) groups excluding carboxylic acids is 1. The highest BCUT2D eigenvalue weighted by atomic mass is 16.5. The number of rotatable bonds is 2. The van der Waals surface area contributed by atoms with Crippen LogP contribution in [-0.2, 0) is 26.3 Å². The molecule has 0 unspecified atom stereocenters. The molecular formula is C17H25N5O3. The smallest absolute Gasteiger partial charge is 0.236 e. The Morgan fingerprint density at radius 3 is 2.72 bits per heavy atom. The molecule has 0 radical (unpaired) electrons. The second kappa shape index (κ2) is 6.86. The van der Waals surface area contributed by atoms with E-state index in [4.69, 9.17) is 15.2 Å². The van der Waals surface area contributed by atoms with Crippen molar-refractivity contribution in [1.82, 2.24) is 19.8 Å². The molecule has 3 aliphatic heterocycles. The standard InChI is InChI=1S/C17H25N5O3/c18-16-19-11-13-1-8-25-17(15(13)20-16)2-4-22(5-3-17)14(23)12-21-6-9-24-10-7-21/h11H,1-10,12H2,(H2,18,19,20). The lowest BCUT2D eigenvalue weighted by atomic mass is 9.83. The molecule has 1 amide bonds. The van der Waals surface area contributed by atoms with Gasteiger partial charge in [-0.25, -0.2) is 9.97 Å². The van der Waals surface area contributed by atoms with Crippen LogP contribution in [0.5, 0.6) is 0 Å². The number of nitrogens with zero attached hydrogens (tertiary/aromatic N) is 4. The van der Waals surface area contributed by atoms with Gasteiger partial charge in [0.1, 0.15) is 5.60 Å². The zero-order chi connectivity index (χ0) is 17.3. The van der Waals surface area contributed by atoms with Crippen LogP contribution < -0.4 is 5.73 Å². The second-order valence-electron chi connectivity index (χ2n) is 6.96. The average molecular weight is 347 g/mol. The molecular weight excluding hydrogens is 322 g/mol. The van der Waals surface area contributed by atoms with Crippen LogP contribution >= 0.6 is 0 Å². The molecule has 0 atom stereocenters. The summed E-state index contributed by atoms with van der Waals surface area (Å²) in [5.41, 5.74) is 7.42. The normalized spacial score (nSPS) is 23.4. The topological polar surface area (TPSA) is 93.8 Å². The number of nitrogens with two attached hydrogens (primary N) is 1. The maximum Gasteiger partial charge on any atom is 0.236 e. The van der Waals surface area contributed by atoms with Gasteiger partial charge in [0.25, 0.3) is 0 Å². The first-order valence-corrected chi connectivity index (χ1v) is 9.00. The number of carbonyl (C=O) groups is 1. The van der Waals surface area contributed by atoms with Gasteiger partial charge in [-0.2, -0.15) is 0 Å². The predicted octanol–water partition coefficient (Wildman–Crippen LogP) is -0.219. The van der Waals surface area contributed by atoms with Crippen molar-refractivity contribution in [1.29, 1.82) is 0 Å². The number of ether oxygens (including phenoxy) is 2. The fourth-order valence-electron chi connectivity index (χ4n) is 3.97. The number of piperidine rings is 1. The minimum atomic E-state index is -0.416. The lowest BCUT2D eigenvalue weighted by Gasteiger charge is -2.44. The highest BCUT2D eigenvalue weighted by molar-refractivity contribution is 5.78. The number of morpholine rings is 1. The van der Waals surface area contributed by atoms with Crippen LogP contribution in [0.4, 0.5) is 5.95 Å². The number of aromatic nitrogens is 2. The van der Waals surface area contributed by atoms with Crippen molar-refractivity contribution in [2.45, 2.75) is 24.9 Å². The number of anilines is 1. The van der Waals surface area contributed by atoms with Crippen LogP contribution in [-0.4, -0.2) is 78.2 Å². The van der Waals surface area contributed by atoms with Crippen molar-refractivity contribution in [3.05, 3.63) is 17.5 Å². The monoisotopic (exact) mass is 347 g/mol. The SMILES string of the molecule is Nc1ncc2c(n1)C1(CCN(C(=O)CN3CCOCC3)CC1)OCC2. The highest BCUT2D eigenvalue weighted by Crippen LogP contribution is 2.40. The number of likely N-dealkylation sites (tertiary alicyclic amines) is 1. The van der Waals surface area contributed by atoms with Crippen LogP contribution in [0.15, 0.2) is 6.20 Å². The third kappa shape index (κ3) is 3.33. The van der Waals surface area contributed by atoms with Crippen LogP contribution in [0.25, 0.3) is 0 Å². The fourth-order valence-corrected chi connectivity index (χ4v) is 3.97. The third-order valence-corrected chi connectivity index (χ3v) is 5.45. The highest BCUT2D eigenvalue weighted by Gasteiger charge is 2.43. The van der Waals surface area contributed by atoms with Gasteiger partial charge in [-0.1, -0.05) is 0 Å². The summed E-state index contributed by atoms with van der Waals surface area (Å²) in [5, 5.41) is 0. The van der Waals surface area contributed by atoms with Gasteiger partial charge in [0.05, 0.1) is 32.1 Å². The molecule has 136 valence electrons. The largest absolute Gasteiger partial charge is 0.379 e. The van der Waals surface area contributed by atoms with Gasteiger partial charge in [0.2, 0.25) is 11.9 Å². The van der Waals surface area contributed by atoms with Gasteiger partial charge in [0.15, 0.2) is 0 Å². The molecule has 2 fully saturated rings. The summed E-state index contributed by atoms with van der Waals surface area (Å²) in [4.78, 5) is 25.3. The lowest BCUT2D eigenvalue weighted by molar-refractivity contribution is -0.143. The summed E-state index contributed by atoms with van der Waals surface area (Å²) < 4.78 is 11.5. The van der Waals surface area contributed by atoms with Gasteiger partial charge < -0.3 is 20.1 Å². The Labute approximate surface area is 147 Å². The molecule has 8 nitrogen and oxygen atoms in total. The molecule has 8 heteroatoms. The zero-order valence-corrected chi connectivity index (χ0v) is 14.4. The number of hydrogen-bond acceptors (Lipinski definition) is 7. The Kier molecular flexibility index (Phi) is 4.58. The number of amides is 1. The molecule has 0 bridgehead atoms. The first-order valence-electron chi connectivity index (χ1n) is 9.00. The summed E-state index contributed by atoms with van der Waals surface area (Å²) in [7, 11) is 0. The number of hydrogen-bond donors (Lipinski definition) is 1. The van der Waals surface area contributed by atoms with Crippen LogP contribution in [0.1, 0.15) is 24.1 Å². The number of fused-ring (bicyclic) bond motifs is 2. The van der Waals surface area contributed by atoms with E-state index in [1.54, 1.807) is 0 Å². The van der Waals surface area contributed by atoms with Crippen LogP contribution in [0.3, 0.4) is 0 Å². The Hall–Kier alpha value is -1.77. The number of nitrogen functional groups attached to an aromatic ring is 1. The van der Waals surface area contributed by atoms with Crippen molar-refractivity contribution >= 4 is 11.9 Å². The molecule has 2 N–H and O–H groups in total. The molecule has 1 spiro atoms. The average Bonchev–Trinajstić information content (AvgIpc) is 2.64. The Morgan fingerprint density at radius 1 is 1.20 bits per heavy atom. The van der Waals surface area contributed by atoms with E-state index in [9.17, 15) is 4.79 Å². The molecule has 0 aromatic carbocycles. The van der Waals surface area contributed by atoms with E-state index in [0.717, 1.165) is 43.6 Å². The maximum absolute atomic E-state index is 12.6. The van der Waals surface area contributed by atoms with E-state index in [-0.39, 0.29) is 11.9 Å². The molecule has 25 heavy (non-hydrogen) atoms. The van der Waals surface area contributed by atoms with Gasteiger partial charge in [-0.15, -0.1) is 0 Å². The zero-order valence-electron chi connectivity index (χ0n) is 14.4. The molecule has 1 aromatic rings.